The van der Waals surface area contributed by atoms with Gasteiger partial charge in [-0.15, -0.1) is 0 Å². The minimum absolute atomic E-state index is 0.125. The van der Waals surface area contributed by atoms with Crippen molar-refractivity contribution in [1.29, 1.82) is 0 Å². The highest BCUT2D eigenvalue weighted by Crippen LogP contribution is 2.24. The molecular weight excluding hydrogens is 450 g/mol. The number of nitrogens with zero attached hydrogens (tertiary/aromatic N) is 3. The molecule has 34 heavy (non-hydrogen) atoms. The lowest BCUT2D eigenvalue weighted by atomic mass is 10.1. The van der Waals surface area contributed by atoms with Gasteiger partial charge >= 0.3 is 0 Å². The first-order valence-electron chi connectivity index (χ1n) is 11.2. The summed E-state index contributed by atoms with van der Waals surface area (Å²) in [5, 5.41) is 2.71. The Bertz CT molecular complexity index is 1400. The summed E-state index contributed by atoms with van der Waals surface area (Å²) in [4.78, 5) is 20.9. The number of amides is 1. The highest BCUT2D eigenvalue weighted by Gasteiger charge is 2.16. The fourth-order valence-corrected chi connectivity index (χ4v) is 4.66. The SMILES string of the molecule is CCC(=O)Nc1ccc(S(=O)(=O)NCCCn2c(-c3ccc(C)cc3)nc3cccnc32)cc1. The number of nitrogens with one attached hydrogen (secondary N) is 2. The minimum atomic E-state index is -3.66. The van der Waals surface area contributed by atoms with Crippen molar-refractivity contribution in [1.82, 2.24) is 19.3 Å². The Morgan fingerprint density at radius 1 is 1.03 bits per heavy atom. The van der Waals surface area contributed by atoms with Gasteiger partial charge in [0.15, 0.2) is 5.65 Å². The van der Waals surface area contributed by atoms with E-state index in [2.05, 4.69) is 15.0 Å². The van der Waals surface area contributed by atoms with Crippen LogP contribution in [0.5, 0.6) is 0 Å². The van der Waals surface area contributed by atoms with Crippen LogP contribution in [0.4, 0.5) is 5.69 Å². The van der Waals surface area contributed by atoms with E-state index in [1.165, 1.54) is 17.7 Å². The summed E-state index contributed by atoms with van der Waals surface area (Å²) in [7, 11) is -3.66. The molecule has 0 bridgehead atoms. The van der Waals surface area contributed by atoms with E-state index in [1.54, 1.807) is 25.3 Å². The van der Waals surface area contributed by atoms with E-state index in [9.17, 15) is 13.2 Å². The van der Waals surface area contributed by atoms with Gasteiger partial charge in [-0.25, -0.2) is 23.1 Å². The molecule has 0 aliphatic heterocycles. The zero-order chi connectivity index (χ0) is 24.1. The van der Waals surface area contributed by atoms with Crippen LogP contribution < -0.4 is 10.0 Å². The van der Waals surface area contributed by atoms with Crippen molar-refractivity contribution in [3.8, 4) is 11.4 Å². The van der Waals surface area contributed by atoms with Crippen LogP contribution in [0, 0.1) is 6.92 Å². The first-order valence-corrected chi connectivity index (χ1v) is 12.6. The molecule has 4 aromatic rings. The summed E-state index contributed by atoms with van der Waals surface area (Å²) < 4.78 is 30.1. The molecular formula is C25H27N5O3S. The maximum absolute atomic E-state index is 12.7. The van der Waals surface area contributed by atoms with Gasteiger partial charge in [-0.2, -0.15) is 0 Å². The van der Waals surface area contributed by atoms with E-state index in [0.717, 1.165) is 22.6 Å². The maximum atomic E-state index is 12.7. The van der Waals surface area contributed by atoms with E-state index in [4.69, 9.17) is 4.98 Å². The van der Waals surface area contributed by atoms with Crippen molar-refractivity contribution in [3.05, 3.63) is 72.4 Å². The van der Waals surface area contributed by atoms with Crippen molar-refractivity contribution in [3.63, 3.8) is 0 Å². The molecule has 1 amide bonds. The molecule has 0 saturated carbocycles. The van der Waals surface area contributed by atoms with Crippen molar-refractivity contribution in [2.45, 2.75) is 38.1 Å². The number of benzene rings is 2. The second-order valence-electron chi connectivity index (χ2n) is 7.98. The monoisotopic (exact) mass is 477 g/mol. The summed E-state index contributed by atoms with van der Waals surface area (Å²) in [6, 6.07) is 18.0. The number of hydrogen-bond donors (Lipinski definition) is 2. The molecule has 0 aliphatic rings. The number of sulfonamides is 1. The number of imidazole rings is 1. The van der Waals surface area contributed by atoms with Gasteiger partial charge in [-0.1, -0.05) is 36.8 Å². The van der Waals surface area contributed by atoms with Crippen LogP contribution in [0.1, 0.15) is 25.3 Å². The Balaban J connectivity index is 1.44. The molecule has 176 valence electrons. The standard InChI is InChI=1S/C25H27N5O3S/c1-3-23(31)28-20-11-13-21(14-12-20)34(32,33)27-16-5-17-30-24(19-9-7-18(2)8-10-19)29-22-6-4-15-26-25(22)30/h4,6-15,27H,3,5,16-17H2,1-2H3,(H,28,31). The zero-order valence-corrected chi connectivity index (χ0v) is 20.0. The Morgan fingerprint density at radius 2 is 1.76 bits per heavy atom. The maximum Gasteiger partial charge on any atom is 0.240 e. The van der Waals surface area contributed by atoms with Crippen molar-refractivity contribution >= 4 is 32.8 Å². The number of hydrogen-bond acceptors (Lipinski definition) is 5. The van der Waals surface area contributed by atoms with Gasteiger partial charge in [0, 0.05) is 37.0 Å². The molecule has 0 radical (unpaired) electrons. The second kappa shape index (κ2) is 10.1. The van der Waals surface area contributed by atoms with Crippen LogP contribution in [-0.4, -0.2) is 35.4 Å². The van der Waals surface area contributed by atoms with Crippen LogP contribution in [0.2, 0.25) is 0 Å². The predicted molar refractivity (Wildman–Crippen MR) is 133 cm³/mol. The zero-order valence-electron chi connectivity index (χ0n) is 19.2. The summed E-state index contributed by atoms with van der Waals surface area (Å²) in [6.45, 7) is 4.61. The number of pyridine rings is 1. The number of carbonyl (C=O) groups excluding carboxylic acids is 1. The number of aryl methyl sites for hydroxylation is 2. The molecule has 0 unspecified atom stereocenters. The number of aromatic nitrogens is 3. The fourth-order valence-electron chi connectivity index (χ4n) is 3.59. The van der Waals surface area contributed by atoms with Crippen molar-refractivity contribution < 1.29 is 13.2 Å². The van der Waals surface area contributed by atoms with E-state index in [0.29, 0.717) is 25.1 Å². The van der Waals surface area contributed by atoms with Crippen LogP contribution in [-0.2, 0) is 21.4 Å². The number of anilines is 1. The molecule has 0 fully saturated rings. The van der Waals surface area contributed by atoms with Gasteiger partial charge in [-0.3, -0.25) is 4.79 Å². The largest absolute Gasteiger partial charge is 0.326 e. The van der Waals surface area contributed by atoms with Crippen LogP contribution >= 0.6 is 0 Å². The van der Waals surface area contributed by atoms with E-state index >= 15 is 0 Å². The van der Waals surface area contributed by atoms with Gasteiger partial charge in [0.05, 0.1) is 4.90 Å². The molecule has 8 nitrogen and oxygen atoms in total. The van der Waals surface area contributed by atoms with Crippen LogP contribution in [0.15, 0.2) is 71.8 Å². The molecule has 0 atom stereocenters. The molecule has 0 spiro atoms. The Hall–Kier alpha value is -3.56. The van der Waals surface area contributed by atoms with Gasteiger partial charge < -0.3 is 9.88 Å². The number of rotatable bonds is 9. The van der Waals surface area contributed by atoms with Gasteiger partial charge in [0.1, 0.15) is 11.3 Å². The topological polar surface area (TPSA) is 106 Å². The molecule has 2 aromatic carbocycles. The normalized spacial score (nSPS) is 11.6. The summed E-state index contributed by atoms with van der Waals surface area (Å²) in [5.74, 6) is 0.682. The number of fused-ring (bicyclic) bond motifs is 1. The molecule has 4 rings (SSSR count). The predicted octanol–water partition coefficient (Wildman–Crippen LogP) is 4.12. The Labute approximate surface area is 199 Å². The average Bonchev–Trinajstić information content (AvgIpc) is 3.21. The smallest absolute Gasteiger partial charge is 0.240 e. The minimum Gasteiger partial charge on any atom is -0.326 e. The molecule has 0 saturated heterocycles. The van der Waals surface area contributed by atoms with Crippen molar-refractivity contribution in [2.24, 2.45) is 0 Å². The van der Waals surface area contributed by atoms with E-state index in [-0.39, 0.29) is 17.3 Å². The summed E-state index contributed by atoms with van der Waals surface area (Å²) in [5.41, 5.74) is 4.28. The molecule has 2 aromatic heterocycles. The summed E-state index contributed by atoms with van der Waals surface area (Å²) >= 11 is 0. The second-order valence-corrected chi connectivity index (χ2v) is 9.74. The third kappa shape index (κ3) is 5.32. The summed E-state index contributed by atoms with van der Waals surface area (Å²) in [6.07, 6.45) is 2.65. The average molecular weight is 478 g/mol. The lowest BCUT2D eigenvalue weighted by molar-refractivity contribution is -0.115. The van der Waals surface area contributed by atoms with Gasteiger partial charge in [0.2, 0.25) is 15.9 Å². The number of carbonyl (C=O) groups is 1. The third-order valence-electron chi connectivity index (χ3n) is 5.43. The quantitative estimate of drug-likeness (QED) is 0.353. The van der Waals surface area contributed by atoms with Gasteiger partial charge in [0.25, 0.3) is 0 Å². The van der Waals surface area contributed by atoms with Crippen LogP contribution in [0.25, 0.3) is 22.6 Å². The van der Waals surface area contributed by atoms with E-state index in [1.807, 2.05) is 47.9 Å². The van der Waals surface area contributed by atoms with Gasteiger partial charge in [-0.05, 0) is 49.7 Å². The fraction of sp³-hybridized carbons (Fsp3) is 0.240. The lowest BCUT2D eigenvalue weighted by Gasteiger charge is -2.11. The molecule has 2 N–H and O–H groups in total. The third-order valence-corrected chi connectivity index (χ3v) is 6.91. The Kier molecular flexibility index (Phi) is 7.04. The molecule has 0 aliphatic carbocycles. The first-order chi connectivity index (χ1) is 16.4. The first kappa shape index (κ1) is 23.6. The molecule has 9 heteroatoms. The highest BCUT2D eigenvalue weighted by molar-refractivity contribution is 7.89. The molecule has 2 heterocycles. The Morgan fingerprint density at radius 3 is 2.47 bits per heavy atom. The lowest BCUT2D eigenvalue weighted by Crippen LogP contribution is -2.25. The van der Waals surface area contributed by atoms with E-state index < -0.39 is 10.0 Å². The van der Waals surface area contributed by atoms with Crippen molar-refractivity contribution in [2.75, 3.05) is 11.9 Å². The van der Waals surface area contributed by atoms with Crippen LogP contribution in [0.3, 0.4) is 0 Å². The highest BCUT2D eigenvalue weighted by atomic mass is 32.2.